The molecule has 0 saturated carbocycles. The van der Waals surface area contributed by atoms with E-state index >= 15 is 4.39 Å². The van der Waals surface area contributed by atoms with Gasteiger partial charge in [0, 0.05) is 55.5 Å². The second-order valence-electron chi connectivity index (χ2n) is 16.7. The van der Waals surface area contributed by atoms with E-state index in [-0.39, 0.29) is 57.6 Å². The number of aliphatic hydroxyl groups excluding tert-OH is 1. The van der Waals surface area contributed by atoms with Gasteiger partial charge in [0.2, 0.25) is 17.7 Å². The van der Waals surface area contributed by atoms with Crippen molar-refractivity contribution < 1.29 is 47.3 Å². The quantitative estimate of drug-likeness (QED) is 0.0575. The van der Waals surface area contributed by atoms with Crippen LogP contribution in [0.3, 0.4) is 0 Å². The third kappa shape index (κ3) is 14.9. The average molecular weight is 894 g/mol. The lowest BCUT2D eigenvalue weighted by Gasteiger charge is -2.41. The van der Waals surface area contributed by atoms with Gasteiger partial charge in [-0.05, 0) is 59.2 Å². The molecule has 0 spiro atoms. The number of carbonyl (C=O) groups is 5. The van der Waals surface area contributed by atoms with Crippen molar-refractivity contribution in [2.75, 3.05) is 19.7 Å². The Balaban J connectivity index is 1.23. The minimum absolute atomic E-state index is 0.0378. The second kappa shape index (κ2) is 23.8. The Kier molecular flexibility index (Phi) is 18.1. The third-order valence-corrected chi connectivity index (χ3v) is 10.6. The van der Waals surface area contributed by atoms with Crippen molar-refractivity contribution in [2.24, 2.45) is 11.1 Å². The number of amides is 3. The Labute approximate surface area is 377 Å². The van der Waals surface area contributed by atoms with Crippen LogP contribution in [0, 0.1) is 17.0 Å². The Hall–Kier alpha value is -6.71. The van der Waals surface area contributed by atoms with Gasteiger partial charge in [0.1, 0.15) is 37.5 Å². The molecule has 5 rings (SSSR count). The first-order valence-electron chi connectivity index (χ1n) is 21.5. The third-order valence-electron chi connectivity index (χ3n) is 10.6. The Morgan fingerprint density at radius 2 is 1.38 bits per heavy atom. The number of carbonyl (C=O) groups excluding carboxylic acids is 5. The lowest BCUT2D eigenvalue weighted by molar-refractivity contribution is -0.150. The van der Waals surface area contributed by atoms with Crippen LogP contribution in [0.5, 0.6) is 0 Å². The Morgan fingerprint density at radius 1 is 0.785 bits per heavy atom. The van der Waals surface area contributed by atoms with Gasteiger partial charge < -0.3 is 40.4 Å². The molecule has 0 aliphatic heterocycles. The van der Waals surface area contributed by atoms with Crippen LogP contribution in [0.1, 0.15) is 74.9 Å². The topological polar surface area (TPSA) is 182 Å². The molecule has 0 saturated heterocycles. The van der Waals surface area contributed by atoms with Crippen LogP contribution in [-0.4, -0.2) is 76.0 Å². The predicted molar refractivity (Wildman–Crippen MR) is 240 cm³/mol. The number of ether oxygens (including phenoxy) is 2. The van der Waals surface area contributed by atoms with E-state index < -0.39 is 71.4 Å². The summed E-state index contributed by atoms with van der Waals surface area (Å²) < 4.78 is 42.2. The van der Waals surface area contributed by atoms with Gasteiger partial charge in [0.25, 0.3) is 0 Å². The predicted octanol–water partition coefficient (Wildman–Crippen LogP) is 6.37. The van der Waals surface area contributed by atoms with Crippen LogP contribution in [0.4, 0.5) is 8.78 Å². The molecule has 3 atom stereocenters. The van der Waals surface area contributed by atoms with Crippen LogP contribution in [0.2, 0.25) is 0 Å². The van der Waals surface area contributed by atoms with E-state index in [9.17, 15) is 33.5 Å². The number of hydrogen-bond donors (Lipinski definition) is 4. The Morgan fingerprint density at radius 3 is 1.98 bits per heavy atom. The summed E-state index contributed by atoms with van der Waals surface area (Å²) in [6.45, 7) is 4.97. The van der Waals surface area contributed by atoms with Gasteiger partial charge in [-0.3, -0.25) is 19.2 Å². The van der Waals surface area contributed by atoms with Crippen molar-refractivity contribution >= 4 is 29.7 Å². The number of esters is 2. The first-order valence-corrected chi connectivity index (χ1v) is 21.5. The van der Waals surface area contributed by atoms with E-state index in [1.807, 2.05) is 92.1 Å². The lowest BCUT2D eigenvalue weighted by atomic mass is 9.82. The largest absolute Gasteiger partial charge is 0.461 e. The molecule has 0 aliphatic rings. The highest BCUT2D eigenvalue weighted by Gasteiger charge is 2.37. The highest BCUT2D eigenvalue weighted by molar-refractivity contribution is 5.86. The van der Waals surface area contributed by atoms with Gasteiger partial charge >= 0.3 is 11.9 Å². The number of nitrogens with zero attached hydrogens (tertiary/aromatic N) is 2. The summed E-state index contributed by atoms with van der Waals surface area (Å²) in [5, 5.41) is 15.4. The molecular weight excluding hydrogens is 837 g/mol. The number of rotatable bonds is 22. The van der Waals surface area contributed by atoms with Gasteiger partial charge in [0.05, 0.1) is 12.1 Å². The number of hydrogen-bond acceptors (Lipinski definition) is 9. The number of nitrogens with one attached hydrogen (secondary N) is 2. The molecule has 2 unspecified atom stereocenters. The fourth-order valence-electron chi connectivity index (χ4n) is 7.36. The van der Waals surface area contributed by atoms with E-state index in [2.05, 4.69) is 10.6 Å². The lowest BCUT2D eigenvalue weighted by Crippen LogP contribution is -2.48. The SMILES string of the molecule is CC(C)(C)C(c1cc(-c2cc(F)ccc2F)cn1Cc1ccccc1)N(CCC(N)C(=O)NCCC(=O)N[C@H](CCC(=O)OCc1ccccc1)C(=O)OCc1ccccc1)C(=O)CO. The highest BCUT2D eigenvalue weighted by Crippen LogP contribution is 2.41. The standard InChI is InChI=1S/C50H57F2N5O8/c1-50(2,3)47(43-27-37(39-28-38(51)19-20-40(39)52)30-56(43)29-34-13-7-4-8-14-34)57(45(60)31-58)26-24-41(53)48(62)54-25-23-44(59)55-42(49(63)65-33-36-17-11-6-12-18-36)21-22-46(61)64-32-35-15-9-5-10-16-35/h4-20,27-28,30,41-42,47,58H,21-26,29,31-33,53H2,1-3H3,(H,54,62)(H,55,59)/t41?,42-,47?/m1/s1. The number of halogens is 2. The first-order chi connectivity index (χ1) is 31.1. The Bertz CT molecular complexity index is 2360. The van der Waals surface area contributed by atoms with E-state index in [1.54, 1.807) is 36.5 Å². The normalized spacial score (nSPS) is 12.7. The summed E-state index contributed by atoms with van der Waals surface area (Å²) in [5.41, 5.74) is 9.09. The zero-order valence-electron chi connectivity index (χ0n) is 36.9. The van der Waals surface area contributed by atoms with Crippen LogP contribution < -0.4 is 16.4 Å². The van der Waals surface area contributed by atoms with Crippen LogP contribution in [0.25, 0.3) is 11.1 Å². The maximum atomic E-state index is 15.1. The average Bonchev–Trinajstić information content (AvgIpc) is 3.70. The highest BCUT2D eigenvalue weighted by atomic mass is 19.1. The number of aromatic nitrogens is 1. The minimum atomic E-state index is -1.18. The smallest absolute Gasteiger partial charge is 0.328 e. The molecule has 5 N–H and O–H groups in total. The molecule has 0 radical (unpaired) electrons. The molecular formula is C50H57F2N5O8. The molecule has 15 heteroatoms. The van der Waals surface area contributed by atoms with Gasteiger partial charge in [-0.25, -0.2) is 13.6 Å². The van der Waals surface area contributed by atoms with Gasteiger partial charge in [0.15, 0.2) is 0 Å². The maximum absolute atomic E-state index is 15.1. The summed E-state index contributed by atoms with van der Waals surface area (Å²) in [6.07, 6.45) is 1.14. The zero-order valence-corrected chi connectivity index (χ0v) is 36.9. The molecule has 0 aliphatic carbocycles. The number of aliphatic hydroxyl groups is 1. The van der Waals surface area contributed by atoms with E-state index in [4.69, 9.17) is 15.2 Å². The molecule has 4 aromatic carbocycles. The first kappa shape index (κ1) is 49.3. The molecule has 13 nitrogen and oxygen atoms in total. The van der Waals surface area contributed by atoms with E-state index in [0.717, 1.165) is 34.9 Å². The molecule has 0 fully saturated rings. The van der Waals surface area contributed by atoms with Crippen molar-refractivity contribution in [3.05, 3.63) is 155 Å². The summed E-state index contributed by atoms with van der Waals surface area (Å²) in [5.74, 6) is -4.40. The summed E-state index contributed by atoms with van der Waals surface area (Å²) in [7, 11) is 0. The van der Waals surface area contributed by atoms with Crippen LogP contribution in [-0.2, 0) is 53.2 Å². The number of nitrogens with two attached hydrogens (primary N) is 1. The summed E-state index contributed by atoms with van der Waals surface area (Å²) >= 11 is 0. The van der Waals surface area contributed by atoms with Crippen molar-refractivity contribution in [3.8, 4) is 11.1 Å². The van der Waals surface area contributed by atoms with Crippen molar-refractivity contribution in [1.29, 1.82) is 0 Å². The molecule has 3 amide bonds. The fraction of sp³-hybridized carbons (Fsp3) is 0.340. The van der Waals surface area contributed by atoms with Crippen LogP contribution >= 0.6 is 0 Å². The summed E-state index contributed by atoms with van der Waals surface area (Å²) in [4.78, 5) is 67.1. The van der Waals surface area contributed by atoms with E-state index in [0.29, 0.717) is 17.8 Å². The van der Waals surface area contributed by atoms with Gasteiger partial charge in [-0.2, -0.15) is 0 Å². The second-order valence-corrected chi connectivity index (χ2v) is 16.7. The molecule has 1 heterocycles. The van der Waals surface area contributed by atoms with Gasteiger partial charge in [-0.15, -0.1) is 0 Å². The van der Waals surface area contributed by atoms with E-state index in [1.165, 1.54) is 4.90 Å². The molecule has 1 aromatic heterocycles. The number of benzene rings is 4. The van der Waals surface area contributed by atoms with Crippen LogP contribution in [0.15, 0.2) is 121 Å². The van der Waals surface area contributed by atoms with Gasteiger partial charge in [-0.1, -0.05) is 112 Å². The molecule has 5 aromatic rings. The maximum Gasteiger partial charge on any atom is 0.328 e. The molecule has 65 heavy (non-hydrogen) atoms. The van der Waals surface area contributed by atoms with Crippen molar-refractivity contribution in [1.82, 2.24) is 20.1 Å². The van der Waals surface area contributed by atoms with Crippen molar-refractivity contribution in [2.45, 2.75) is 84.3 Å². The zero-order chi connectivity index (χ0) is 46.9. The molecule has 0 bridgehead atoms. The molecule has 344 valence electrons. The van der Waals surface area contributed by atoms with Crippen molar-refractivity contribution in [3.63, 3.8) is 0 Å². The monoisotopic (exact) mass is 893 g/mol. The fourth-order valence-corrected chi connectivity index (χ4v) is 7.36. The minimum Gasteiger partial charge on any atom is -0.461 e. The summed E-state index contributed by atoms with van der Waals surface area (Å²) in [6, 6.07) is 29.4.